The van der Waals surface area contributed by atoms with Gasteiger partial charge in [-0.05, 0) is 45.2 Å². The van der Waals surface area contributed by atoms with Crippen molar-refractivity contribution < 1.29 is 14.7 Å². The molecule has 1 aromatic rings. The van der Waals surface area contributed by atoms with Crippen molar-refractivity contribution in [3.05, 3.63) is 35.4 Å². The molecule has 0 spiro atoms. The Labute approximate surface area is 120 Å². The second-order valence-corrected chi connectivity index (χ2v) is 5.97. The molecule has 1 aromatic carbocycles. The normalized spacial score (nSPS) is 11.2. The summed E-state index contributed by atoms with van der Waals surface area (Å²) in [7, 11) is 0. The van der Waals surface area contributed by atoms with Crippen molar-refractivity contribution in [1.82, 2.24) is 4.90 Å². The zero-order chi connectivity index (χ0) is 15.3. The molecule has 110 valence electrons. The molecule has 0 unspecified atom stereocenters. The Morgan fingerprint density at radius 2 is 1.80 bits per heavy atom. The van der Waals surface area contributed by atoms with Gasteiger partial charge in [-0.25, -0.2) is 0 Å². The van der Waals surface area contributed by atoms with Gasteiger partial charge in [0.25, 0.3) is 0 Å². The lowest BCUT2D eigenvalue weighted by molar-refractivity contribution is -0.148. The van der Waals surface area contributed by atoms with E-state index in [9.17, 15) is 9.59 Å². The second-order valence-electron chi connectivity index (χ2n) is 5.97. The van der Waals surface area contributed by atoms with Crippen molar-refractivity contribution in [2.45, 2.75) is 46.1 Å². The molecule has 20 heavy (non-hydrogen) atoms. The van der Waals surface area contributed by atoms with Gasteiger partial charge >= 0.3 is 5.97 Å². The van der Waals surface area contributed by atoms with Gasteiger partial charge in [0.1, 0.15) is 6.54 Å². The van der Waals surface area contributed by atoms with Crippen LogP contribution in [0.5, 0.6) is 0 Å². The highest BCUT2D eigenvalue weighted by Crippen LogP contribution is 2.16. The number of hydrogen-bond acceptors (Lipinski definition) is 2. The lowest BCUT2D eigenvalue weighted by Crippen LogP contribution is -2.48. The first-order valence-corrected chi connectivity index (χ1v) is 6.78. The first-order chi connectivity index (χ1) is 9.21. The van der Waals surface area contributed by atoms with Gasteiger partial charge in [-0.3, -0.25) is 9.59 Å². The summed E-state index contributed by atoms with van der Waals surface area (Å²) in [6.07, 6.45) is 0.965. The van der Waals surface area contributed by atoms with E-state index in [-0.39, 0.29) is 12.5 Å². The summed E-state index contributed by atoms with van der Waals surface area (Å²) in [6, 6.07) is 7.93. The van der Waals surface area contributed by atoms with E-state index in [2.05, 4.69) is 0 Å². The Bertz CT molecular complexity index is 489. The minimum atomic E-state index is -0.982. The molecule has 1 amide bonds. The van der Waals surface area contributed by atoms with Crippen LogP contribution in [0.4, 0.5) is 0 Å². The van der Waals surface area contributed by atoms with Gasteiger partial charge < -0.3 is 10.0 Å². The Morgan fingerprint density at radius 3 is 2.30 bits per heavy atom. The van der Waals surface area contributed by atoms with E-state index in [4.69, 9.17) is 5.11 Å². The third kappa shape index (κ3) is 4.68. The SMILES string of the molecule is Cc1ccccc1CCC(=O)N(CC(=O)O)C(C)(C)C. The number of carboxylic acid groups (broad SMARTS) is 1. The van der Waals surface area contributed by atoms with Crippen LogP contribution in [0.2, 0.25) is 0 Å². The van der Waals surface area contributed by atoms with Gasteiger partial charge in [0.05, 0.1) is 0 Å². The van der Waals surface area contributed by atoms with E-state index in [0.29, 0.717) is 12.8 Å². The van der Waals surface area contributed by atoms with Crippen molar-refractivity contribution >= 4 is 11.9 Å². The van der Waals surface area contributed by atoms with Crippen LogP contribution in [0.25, 0.3) is 0 Å². The van der Waals surface area contributed by atoms with Gasteiger partial charge in [0, 0.05) is 12.0 Å². The summed E-state index contributed by atoms with van der Waals surface area (Å²) in [4.78, 5) is 24.6. The number of hydrogen-bond donors (Lipinski definition) is 1. The number of benzene rings is 1. The largest absolute Gasteiger partial charge is 0.480 e. The molecule has 0 aromatic heterocycles. The molecule has 0 aliphatic carbocycles. The van der Waals surface area contributed by atoms with Gasteiger partial charge in [-0.15, -0.1) is 0 Å². The van der Waals surface area contributed by atoms with Crippen LogP contribution in [0.1, 0.15) is 38.3 Å². The molecule has 4 heteroatoms. The molecule has 0 fully saturated rings. The first-order valence-electron chi connectivity index (χ1n) is 6.78. The molecule has 4 nitrogen and oxygen atoms in total. The summed E-state index contributed by atoms with van der Waals surface area (Å²) in [5, 5.41) is 8.93. The summed E-state index contributed by atoms with van der Waals surface area (Å²) < 4.78 is 0. The Hall–Kier alpha value is -1.84. The molecule has 0 bridgehead atoms. The number of carboxylic acids is 1. The Balaban J connectivity index is 2.72. The van der Waals surface area contributed by atoms with Crippen LogP contribution in [0.3, 0.4) is 0 Å². The highest BCUT2D eigenvalue weighted by atomic mass is 16.4. The number of rotatable bonds is 5. The maximum absolute atomic E-state index is 12.3. The standard InChI is InChI=1S/C16H23NO3/c1-12-7-5-6-8-13(12)9-10-14(18)17(11-15(19)20)16(2,3)4/h5-8H,9-11H2,1-4H3,(H,19,20). The molecule has 0 saturated heterocycles. The minimum absolute atomic E-state index is 0.122. The monoisotopic (exact) mass is 277 g/mol. The van der Waals surface area contributed by atoms with Crippen molar-refractivity contribution in [1.29, 1.82) is 0 Å². The van der Waals surface area contributed by atoms with Crippen molar-refractivity contribution in [3.8, 4) is 0 Å². The molecule has 0 aliphatic heterocycles. The van der Waals surface area contributed by atoms with Crippen molar-refractivity contribution in [2.24, 2.45) is 0 Å². The number of aryl methyl sites for hydroxylation is 2. The lowest BCUT2D eigenvalue weighted by atomic mass is 10.0. The van der Waals surface area contributed by atoms with Crippen LogP contribution in [0, 0.1) is 6.92 Å². The fraction of sp³-hybridized carbons (Fsp3) is 0.500. The maximum Gasteiger partial charge on any atom is 0.323 e. The summed E-state index contributed by atoms with van der Waals surface area (Å²) in [5.41, 5.74) is 1.80. The van der Waals surface area contributed by atoms with Crippen LogP contribution >= 0.6 is 0 Å². The number of carbonyl (C=O) groups excluding carboxylic acids is 1. The molecule has 0 saturated carbocycles. The second kappa shape index (κ2) is 6.55. The van der Waals surface area contributed by atoms with E-state index in [1.165, 1.54) is 4.90 Å². The molecular formula is C16H23NO3. The zero-order valence-corrected chi connectivity index (χ0v) is 12.6. The Morgan fingerprint density at radius 1 is 1.20 bits per heavy atom. The van der Waals surface area contributed by atoms with E-state index in [1.54, 1.807) is 0 Å². The minimum Gasteiger partial charge on any atom is -0.480 e. The fourth-order valence-electron chi connectivity index (χ4n) is 2.10. The first kappa shape index (κ1) is 16.2. The van der Waals surface area contributed by atoms with Crippen molar-refractivity contribution in [2.75, 3.05) is 6.54 Å². The van der Waals surface area contributed by atoms with Crippen LogP contribution in [0.15, 0.2) is 24.3 Å². The molecule has 1 N–H and O–H groups in total. The van der Waals surface area contributed by atoms with Gasteiger partial charge in [-0.1, -0.05) is 24.3 Å². The topological polar surface area (TPSA) is 57.6 Å². The highest BCUT2D eigenvalue weighted by molar-refractivity contribution is 5.82. The summed E-state index contributed by atoms with van der Waals surface area (Å²) in [6.45, 7) is 7.31. The zero-order valence-electron chi connectivity index (χ0n) is 12.6. The number of amides is 1. The van der Waals surface area contributed by atoms with Crippen molar-refractivity contribution in [3.63, 3.8) is 0 Å². The van der Waals surface area contributed by atoms with Gasteiger partial charge in [0.15, 0.2) is 0 Å². The number of carbonyl (C=O) groups is 2. The highest BCUT2D eigenvalue weighted by Gasteiger charge is 2.27. The molecule has 0 radical (unpaired) electrons. The molecule has 0 atom stereocenters. The average Bonchev–Trinajstić information content (AvgIpc) is 2.33. The third-order valence-corrected chi connectivity index (χ3v) is 3.27. The average molecular weight is 277 g/mol. The third-order valence-electron chi connectivity index (χ3n) is 3.27. The van der Waals surface area contributed by atoms with Crippen LogP contribution in [-0.4, -0.2) is 34.0 Å². The smallest absolute Gasteiger partial charge is 0.323 e. The number of aliphatic carboxylic acids is 1. The van der Waals surface area contributed by atoms with Crippen LogP contribution < -0.4 is 0 Å². The van der Waals surface area contributed by atoms with Gasteiger partial charge in [-0.2, -0.15) is 0 Å². The molecular weight excluding hydrogens is 254 g/mol. The maximum atomic E-state index is 12.3. The summed E-state index contributed by atoms with van der Waals surface area (Å²) in [5.74, 6) is -1.10. The number of nitrogens with zero attached hydrogens (tertiary/aromatic N) is 1. The summed E-state index contributed by atoms with van der Waals surface area (Å²) >= 11 is 0. The van der Waals surface area contributed by atoms with E-state index in [1.807, 2.05) is 52.0 Å². The molecule has 0 aliphatic rings. The predicted octanol–water partition coefficient (Wildman–Crippen LogP) is 2.64. The van der Waals surface area contributed by atoms with Gasteiger partial charge in [0.2, 0.25) is 5.91 Å². The fourth-order valence-corrected chi connectivity index (χ4v) is 2.10. The quantitative estimate of drug-likeness (QED) is 0.900. The predicted molar refractivity (Wildman–Crippen MR) is 78.6 cm³/mol. The Kier molecular flexibility index (Phi) is 5.31. The van der Waals surface area contributed by atoms with Crippen LogP contribution in [-0.2, 0) is 16.0 Å². The van der Waals surface area contributed by atoms with E-state index < -0.39 is 11.5 Å². The van der Waals surface area contributed by atoms with E-state index in [0.717, 1.165) is 11.1 Å². The molecule has 0 heterocycles. The lowest BCUT2D eigenvalue weighted by Gasteiger charge is -2.34. The molecule has 1 rings (SSSR count). The van der Waals surface area contributed by atoms with E-state index >= 15 is 0 Å².